The molecule has 2 amide bonds. The lowest BCUT2D eigenvalue weighted by Crippen LogP contribution is -2.54. The molecule has 2 N–H and O–H groups in total. The summed E-state index contributed by atoms with van der Waals surface area (Å²) in [6.45, 7) is 5.69. The van der Waals surface area contributed by atoms with Crippen molar-refractivity contribution >= 4 is 17.5 Å². The first-order chi connectivity index (χ1) is 17.0. The summed E-state index contributed by atoms with van der Waals surface area (Å²) < 4.78 is 28.6. The highest BCUT2D eigenvalue weighted by molar-refractivity contribution is 5.99. The van der Waals surface area contributed by atoms with Crippen LogP contribution in [0.3, 0.4) is 0 Å². The molecule has 5 rings (SSSR count). The van der Waals surface area contributed by atoms with Gasteiger partial charge < -0.3 is 24.7 Å². The van der Waals surface area contributed by atoms with E-state index in [9.17, 15) is 28.3 Å². The predicted octanol–water partition coefficient (Wildman–Crippen LogP) is 2.72. The van der Waals surface area contributed by atoms with Crippen LogP contribution in [0, 0.1) is 17.6 Å². The number of aromatic hydroxyl groups is 1. The van der Waals surface area contributed by atoms with Crippen LogP contribution >= 0.6 is 0 Å². The molecule has 2 unspecified atom stereocenters. The summed E-state index contributed by atoms with van der Waals surface area (Å²) in [5, 5.41) is 17.5. The van der Waals surface area contributed by atoms with Crippen molar-refractivity contribution in [3.63, 3.8) is 0 Å². The van der Waals surface area contributed by atoms with Crippen molar-refractivity contribution < 1.29 is 28.3 Å². The average Bonchev–Trinajstić information content (AvgIpc) is 3.05. The Morgan fingerprint density at radius 1 is 1.31 bits per heavy atom. The molecule has 1 fully saturated rings. The van der Waals surface area contributed by atoms with E-state index in [4.69, 9.17) is 4.84 Å². The third-order valence-corrected chi connectivity index (χ3v) is 7.85. The molecular weight excluding hydrogens is 474 g/mol. The molecule has 1 saturated heterocycles. The second-order valence-electron chi connectivity index (χ2n) is 9.76. The number of benzene rings is 1. The van der Waals surface area contributed by atoms with Crippen molar-refractivity contribution in [1.29, 1.82) is 0 Å². The molecule has 0 aliphatic carbocycles. The van der Waals surface area contributed by atoms with Gasteiger partial charge >= 0.3 is 0 Å². The highest BCUT2D eigenvalue weighted by Gasteiger charge is 2.57. The number of hydrogen-bond donors (Lipinski definition) is 2. The number of hydrogen-bond acceptors (Lipinski definition) is 6. The van der Waals surface area contributed by atoms with Crippen LogP contribution in [0.15, 0.2) is 34.3 Å². The van der Waals surface area contributed by atoms with Crippen molar-refractivity contribution in [1.82, 2.24) is 14.8 Å². The number of rotatable bonds is 3. The van der Waals surface area contributed by atoms with Crippen LogP contribution in [0.4, 0.5) is 8.78 Å². The largest absolute Gasteiger partial charge is 0.503 e. The number of nitrogens with one attached hydrogen (secondary N) is 1. The second kappa shape index (κ2) is 8.42. The molecule has 11 heteroatoms. The highest BCUT2D eigenvalue weighted by Crippen LogP contribution is 2.48. The minimum atomic E-state index is -1.01. The number of carbonyl (C=O) groups excluding carboxylic acids is 2. The monoisotopic (exact) mass is 500 g/mol. The third-order valence-electron chi connectivity index (χ3n) is 7.85. The van der Waals surface area contributed by atoms with Gasteiger partial charge in [0, 0.05) is 42.9 Å². The summed E-state index contributed by atoms with van der Waals surface area (Å²) in [5.41, 5.74) is -1.65. The van der Waals surface area contributed by atoms with E-state index < -0.39 is 51.8 Å². The van der Waals surface area contributed by atoms with Gasteiger partial charge in [-0.3, -0.25) is 14.4 Å². The molecular formula is C25H26F2N4O5. The number of oxime groups is 1. The van der Waals surface area contributed by atoms with E-state index in [2.05, 4.69) is 10.5 Å². The van der Waals surface area contributed by atoms with Gasteiger partial charge in [-0.25, -0.2) is 8.78 Å². The summed E-state index contributed by atoms with van der Waals surface area (Å²) in [4.78, 5) is 46.9. The summed E-state index contributed by atoms with van der Waals surface area (Å²) in [6, 6.07) is 2.25. The normalized spacial score (nSPS) is 26.8. The van der Waals surface area contributed by atoms with Gasteiger partial charge in [0.15, 0.2) is 17.0 Å². The summed E-state index contributed by atoms with van der Waals surface area (Å²) in [7, 11) is 0. The van der Waals surface area contributed by atoms with Crippen LogP contribution in [-0.4, -0.2) is 50.3 Å². The lowest BCUT2D eigenvalue weighted by Gasteiger charge is -2.43. The summed E-state index contributed by atoms with van der Waals surface area (Å²) >= 11 is 0. The fourth-order valence-electron chi connectivity index (χ4n) is 5.48. The molecule has 4 atom stereocenters. The number of halogens is 2. The first-order valence-electron chi connectivity index (χ1n) is 11.8. The van der Waals surface area contributed by atoms with Crippen LogP contribution in [0.5, 0.6) is 5.75 Å². The fourth-order valence-corrected chi connectivity index (χ4v) is 5.48. The van der Waals surface area contributed by atoms with Crippen molar-refractivity contribution in [2.75, 3.05) is 6.54 Å². The van der Waals surface area contributed by atoms with Crippen molar-refractivity contribution in [3.8, 4) is 5.75 Å². The van der Waals surface area contributed by atoms with Gasteiger partial charge in [-0.05, 0) is 32.8 Å². The Balaban J connectivity index is 1.57. The van der Waals surface area contributed by atoms with E-state index in [0.717, 1.165) is 11.8 Å². The molecule has 0 saturated carbocycles. The third kappa shape index (κ3) is 3.48. The number of amides is 2. The van der Waals surface area contributed by atoms with E-state index >= 15 is 0 Å². The molecule has 1 spiro atoms. The van der Waals surface area contributed by atoms with E-state index in [0.29, 0.717) is 18.9 Å². The van der Waals surface area contributed by atoms with E-state index in [1.807, 2.05) is 20.8 Å². The maximum absolute atomic E-state index is 14.0. The fraction of sp³-hybridized carbons (Fsp3) is 0.440. The lowest BCUT2D eigenvalue weighted by molar-refractivity contribution is -0.0864. The zero-order valence-electron chi connectivity index (χ0n) is 20.0. The Labute approximate surface area is 205 Å². The highest BCUT2D eigenvalue weighted by atomic mass is 19.1. The Morgan fingerprint density at radius 2 is 2.06 bits per heavy atom. The van der Waals surface area contributed by atoms with Crippen LogP contribution in [-0.2, 0) is 11.4 Å². The van der Waals surface area contributed by atoms with E-state index in [1.165, 1.54) is 16.8 Å². The van der Waals surface area contributed by atoms with Gasteiger partial charge in [0.05, 0.1) is 11.8 Å². The van der Waals surface area contributed by atoms with Gasteiger partial charge in [-0.1, -0.05) is 18.1 Å². The minimum Gasteiger partial charge on any atom is -0.503 e. The number of fused-ring (bicyclic) bond motifs is 5. The molecule has 4 heterocycles. The van der Waals surface area contributed by atoms with Gasteiger partial charge in [-0.2, -0.15) is 0 Å². The number of nitrogens with zero attached hydrogens (tertiary/aromatic N) is 3. The maximum Gasteiger partial charge on any atom is 0.274 e. The number of aromatic nitrogens is 1. The minimum absolute atomic E-state index is 0.0235. The van der Waals surface area contributed by atoms with Gasteiger partial charge in [0.1, 0.15) is 17.2 Å². The molecule has 190 valence electrons. The molecule has 3 aliphatic heterocycles. The predicted molar refractivity (Wildman–Crippen MR) is 125 cm³/mol. The first kappa shape index (κ1) is 24.0. The Morgan fingerprint density at radius 3 is 2.72 bits per heavy atom. The average molecular weight is 501 g/mol. The summed E-state index contributed by atoms with van der Waals surface area (Å²) in [6.07, 6.45) is 2.46. The molecule has 2 aromatic rings. The van der Waals surface area contributed by atoms with Crippen LogP contribution in [0.2, 0.25) is 0 Å². The van der Waals surface area contributed by atoms with Crippen LogP contribution in [0.1, 0.15) is 66.1 Å². The Bertz CT molecular complexity index is 1370. The Kier molecular flexibility index (Phi) is 5.60. The van der Waals surface area contributed by atoms with Crippen LogP contribution < -0.4 is 10.7 Å². The van der Waals surface area contributed by atoms with E-state index in [1.54, 1.807) is 4.90 Å². The molecule has 2 bridgehead atoms. The summed E-state index contributed by atoms with van der Waals surface area (Å²) in [5.74, 6) is -3.92. The number of pyridine rings is 1. The maximum atomic E-state index is 14.0. The Hall–Kier alpha value is -3.76. The quantitative estimate of drug-likeness (QED) is 0.673. The molecule has 36 heavy (non-hydrogen) atoms. The SMILES string of the molecule is CC1=NO[C@]2(CC[C@H](C)N3CC2n2cc(C(=O)NCc4ccc(F)cc4F)c(=O)c(O)c2C3=O)C1C. The zero-order valence-corrected chi connectivity index (χ0v) is 20.0. The second-order valence-corrected chi connectivity index (χ2v) is 9.76. The smallest absolute Gasteiger partial charge is 0.274 e. The number of carbonyl (C=O) groups is 2. The standard InChI is InChI=1S/C25H26F2N4O5/c1-12-6-7-25(13(2)14(3)29-36-25)19-11-30(12)24(35)20-22(33)21(32)17(10-31(19)20)23(34)28-9-15-4-5-16(26)8-18(15)27/h4-5,8,10,12-13,19,33H,6-7,9,11H2,1-3H3,(H,28,34)/t12-,13?,19?,25+/m0/s1. The van der Waals surface area contributed by atoms with Crippen LogP contribution in [0.25, 0.3) is 0 Å². The molecule has 1 aromatic carbocycles. The van der Waals surface area contributed by atoms with Crippen molar-refractivity contribution in [2.24, 2.45) is 11.1 Å². The van der Waals surface area contributed by atoms with Crippen molar-refractivity contribution in [2.45, 2.75) is 57.8 Å². The van der Waals surface area contributed by atoms with Gasteiger partial charge in [0.2, 0.25) is 5.43 Å². The molecule has 3 aliphatic rings. The van der Waals surface area contributed by atoms with E-state index in [-0.39, 0.29) is 36.3 Å². The lowest BCUT2D eigenvalue weighted by atomic mass is 9.76. The van der Waals surface area contributed by atoms with Crippen molar-refractivity contribution in [3.05, 3.63) is 63.1 Å². The molecule has 1 aromatic heterocycles. The van der Waals surface area contributed by atoms with Gasteiger partial charge in [-0.15, -0.1) is 0 Å². The topological polar surface area (TPSA) is 113 Å². The molecule has 9 nitrogen and oxygen atoms in total. The zero-order chi connectivity index (χ0) is 25.9. The first-order valence-corrected chi connectivity index (χ1v) is 11.8. The molecule has 0 radical (unpaired) electrons. The van der Waals surface area contributed by atoms with Gasteiger partial charge in [0.25, 0.3) is 11.8 Å².